The molecule has 0 rings (SSSR count). The van der Waals surface area contributed by atoms with Gasteiger partial charge in [0.2, 0.25) is 0 Å². The SMILES string of the molecule is CCCCCCCCCCCCCCC(=O)OC[C@H](COP(=O)(O)OC[C@@H](O)COP(=O)(O)OC[C@@H](COC(=O)CCCCCCCCCCC(C)C)OC(=O)CCCCCCCCCCCCCC)OC(=O)CCCCCCCCCCCC(C)C. The summed E-state index contributed by atoms with van der Waals surface area (Å²) < 4.78 is 68.2. The zero-order valence-corrected chi connectivity index (χ0v) is 58.1. The molecule has 0 saturated carbocycles. The summed E-state index contributed by atoms with van der Waals surface area (Å²) in [6.07, 6.45) is 44.3. The molecule has 0 amide bonds. The minimum atomic E-state index is -4.95. The van der Waals surface area contributed by atoms with Crippen molar-refractivity contribution in [3.05, 3.63) is 0 Å². The molecule has 0 fully saturated rings. The van der Waals surface area contributed by atoms with Gasteiger partial charge in [0.15, 0.2) is 12.2 Å². The normalized spacial score (nSPS) is 14.2. The third kappa shape index (κ3) is 62.6. The number of phosphoric ester groups is 2. The van der Waals surface area contributed by atoms with Crippen LogP contribution in [0.4, 0.5) is 0 Å². The van der Waals surface area contributed by atoms with E-state index in [1.54, 1.807) is 0 Å². The molecule has 0 spiro atoms. The van der Waals surface area contributed by atoms with Gasteiger partial charge in [-0.05, 0) is 37.5 Å². The zero-order valence-electron chi connectivity index (χ0n) is 56.3. The topological polar surface area (TPSA) is 237 Å². The summed E-state index contributed by atoms with van der Waals surface area (Å²) >= 11 is 0. The standard InChI is InChI=1S/C68H132O17P2/c1-7-9-11-13-15-17-19-21-25-32-38-44-50-65(70)78-56-63(85-68(73)53-47-41-35-27-23-24-30-36-42-48-60(3)4)58-82-86(74,75)80-54-62(69)55-81-87(76,77)83-59-64(57-79-66(71)51-45-39-33-29-28-31-37-43-49-61(5)6)84-67(72)52-46-40-34-26-22-20-18-16-14-12-10-8-2/h60-64,69H,7-59H2,1-6H3,(H,74,75)(H,76,77)/t62-,63-,64-/m1/s1. The van der Waals surface area contributed by atoms with Gasteiger partial charge in [0.1, 0.15) is 19.3 Å². The minimum Gasteiger partial charge on any atom is -0.462 e. The van der Waals surface area contributed by atoms with Crippen LogP contribution in [0.3, 0.4) is 0 Å². The quantitative estimate of drug-likeness (QED) is 0.0222. The lowest BCUT2D eigenvalue weighted by Crippen LogP contribution is -2.30. The Morgan fingerprint density at radius 3 is 0.782 bits per heavy atom. The first-order valence-electron chi connectivity index (χ1n) is 35.5. The first-order valence-corrected chi connectivity index (χ1v) is 38.5. The Labute approximate surface area is 530 Å². The van der Waals surface area contributed by atoms with E-state index in [1.165, 1.54) is 161 Å². The first kappa shape index (κ1) is 85.1. The van der Waals surface area contributed by atoms with Crippen molar-refractivity contribution in [1.82, 2.24) is 0 Å². The van der Waals surface area contributed by atoms with Gasteiger partial charge in [-0.15, -0.1) is 0 Å². The van der Waals surface area contributed by atoms with E-state index in [9.17, 15) is 43.2 Å². The van der Waals surface area contributed by atoms with E-state index in [2.05, 4.69) is 41.5 Å². The van der Waals surface area contributed by atoms with Crippen LogP contribution in [-0.4, -0.2) is 96.7 Å². The van der Waals surface area contributed by atoms with Crippen molar-refractivity contribution >= 4 is 39.5 Å². The van der Waals surface area contributed by atoms with Gasteiger partial charge in [0.05, 0.1) is 26.4 Å². The Kier molecular flexibility index (Phi) is 59.0. The number of esters is 4. The molecule has 0 radical (unpaired) electrons. The second-order valence-corrected chi connectivity index (χ2v) is 28.4. The van der Waals surface area contributed by atoms with Crippen LogP contribution >= 0.6 is 15.6 Å². The van der Waals surface area contributed by atoms with E-state index in [-0.39, 0.29) is 25.7 Å². The van der Waals surface area contributed by atoms with Gasteiger partial charge in [0.25, 0.3) is 0 Å². The summed E-state index contributed by atoms with van der Waals surface area (Å²) in [7, 11) is -9.90. The van der Waals surface area contributed by atoms with Crippen LogP contribution in [0.2, 0.25) is 0 Å². The fraction of sp³-hybridized carbons (Fsp3) is 0.941. The van der Waals surface area contributed by atoms with Crippen LogP contribution < -0.4 is 0 Å². The number of hydrogen-bond donors (Lipinski definition) is 3. The number of carbonyl (C=O) groups excluding carboxylic acids is 4. The van der Waals surface area contributed by atoms with Gasteiger partial charge >= 0.3 is 39.5 Å². The maximum Gasteiger partial charge on any atom is 0.472 e. The highest BCUT2D eigenvalue weighted by Gasteiger charge is 2.30. The molecular formula is C68H132O17P2. The summed E-state index contributed by atoms with van der Waals surface area (Å²) in [4.78, 5) is 72.4. The number of aliphatic hydroxyl groups is 1. The molecule has 0 aliphatic rings. The maximum atomic E-state index is 13.0. The Morgan fingerprint density at radius 2 is 0.529 bits per heavy atom. The number of phosphoric acid groups is 2. The second-order valence-electron chi connectivity index (χ2n) is 25.5. The summed E-state index contributed by atoms with van der Waals surface area (Å²) in [5.74, 6) is -0.663. The van der Waals surface area contributed by atoms with E-state index >= 15 is 0 Å². The average molecular weight is 1280 g/mol. The molecule has 17 nitrogen and oxygen atoms in total. The Bertz CT molecular complexity index is 1700. The monoisotopic (exact) mass is 1280 g/mol. The van der Waals surface area contributed by atoms with E-state index in [1.807, 2.05) is 0 Å². The van der Waals surface area contributed by atoms with Crippen molar-refractivity contribution in [3.63, 3.8) is 0 Å². The van der Waals surface area contributed by atoms with Gasteiger partial charge in [0, 0.05) is 25.7 Å². The number of rotatable bonds is 67. The van der Waals surface area contributed by atoms with Crippen molar-refractivity contribution in [1.29, 1.82) is 0 Å². The van der Waals surface area contributed by atoms with E-state index < -0.39 is 97.5 Å². The van der Waals surface area contributed by atoms with Crippen molar-refractivity contribution in [2.24, 2.45) is 11.8 Å². The molecule has 0 aromatic carbocycles. The maximum absolute atomic E-state index is 13.0. The lowest BCUT2D eigenvalue weighted by atomic mass is 10.0. The summed E-state index contributed by atoms with van der Waals surface area (Å²) in [6.45, 7) is 9.47. The lowest BCUT2D eigenvalue weighted by molar-refractivity contribution is -0.161. The van der Waals surface area contributed by atoms with Gasteiger partial charge in [-0.2, -0.15) is 0 Å². The van der Waals surface area contributed by atoms with Gasteiger partial charge in [-0.1, -0.05) is 292 Å². The molecule has 0 aliphatic heterocycles. The first-order chi connectivity index (χ1) is 41.9. The molecule has 0 aromatic rings. The third-order valence-corrected chi connectivity index (χ3v) is 17.6. The molecule has 0 aliphatic carbocycles. The molecule has 5 atom stereocenters. The van der Waals surface area contributed by atoms with Crippen molar-refractivity contribution in [3.8, 4) is 0 Å². The molecule has 0 saturated heterocycles. The van der Waals surface area contributed by atoms with Crippen LogP contribution in [-0.2, 0) is 65.4 Å². The van der Waals surface area contributed by atoms with Crippen molar-refractivity contribution < 1.29 is 80.2 Å². The number of aliphatic hydroxyl groups excluding tert-OH is 1. The molecule has 2 unspecified atom stereocenters. The summed E-state index contributed by atoms with van der Waals surface area (Å²) in [5, 5.41) is 10.6. The van der Waals surface area contributed by atoms with Gasteiger partial charge in [-0.25, -0.2) is 9.13 Å². The fourth-order valence-electron chi connectivity index (χ4n) is 10.2. The Morgan fingerprint density at radius 1 is 0.310 bits per heavy atom. The van der Waals surface area contributed by atoms with Crippen molar-refractivity contribution in [2.45, 2.75) is 362 Å². The largest absolute Gasteiger partial charge is 0.472 e. The summed E-state index contributed by atoms with van der Waals surface area (Å²) in [6, 6.07) is 0. The van der Waals surface area contributed by atoms with Crippen LogP contribution in [0.25, 0.3) is 0 Å². The molecule has 0 aromatic heterocycles. The van der Waals surface area contributed by atoms with Crippen LogP contribution in [0.5, 0.6) is 0 Å². The molecule has 0 heterocycles. The highest BCUT2D eigenvalue weighted by Crippen LogP contribution is 2.45. The van der Waals surface area contributed by atoms with E-state index in [4.69, 9.17) is 37.0 Å². The van der Waals surface area contributed by atoms with Crippen molar-refractivity contribution in [2.75, 3.05) is 39.6 Å². The number of hydrogen-bond acceptors (Lipinski definition) is 15. The highest BCUT2D eigenvalue weighted by molar-refractivity contribution is 7.47. The second kappa shape index (κ2) is 60.3. The molecule has 516 valence electrons. The van der Waals surface area contributed by atoms with E-state index in [0.29, 0.717) is 25.7 Å². The van der Waals surface area contributed by atoms with Gasteiger partial charge < -0.3 is 33.8 Å². The molecule has 0 bridgehead atoms. The zero-order chi connectivity index (χ0) is 64.3. The fourth-order valence-corrected chi connectivity index (χ4v) is 11.8. The van der Waals surface area contributed by atoms with Gasteiger partial charge in [-0.3, -0.25) is 37.3 Å². The third-order valence-electron chi connectivity index (χ3n) is 15.7. The smallest absolute Gasteiger partial charge is 0.462 e. The predicted molar refractivity (Wildman–Crippen MR) is 349 cm³/mol. The van der Waals surface area contributed by atoms with E-state index in [0.717, 1.165) is 102 Å². The average Bonchev–Trinajstić information content (AvgIpc) is 3.70. The molecular weight excluding hydrogens is 1150 g/mol. The molecule has 3 N–H and O–H groups in total. The number of ether oxygens (including phenoxy) is 4. The highest BCUT2D eigenvalue weighted by atomic mass is 31.2. The van der Waals surface area contributed by atoms with Crippen LogP contribution in [0, 0.1) is 11.8 Å². The Balaban J connectivity index is 5.26. The predicted octanol–water partition coefficient (Wildman–Crippen LogP) is 19.2. The molecule has 19 heteroatoms. The van der Waals surface area contributed by atoms with Crippen LogP contribution in [0.15, 0.2) is 0 Å². The molecule has 87 heavy (non-hydrogen) atoms. The van der Waals surface area contributed by atoms with Crippen LogP contribution in [0.1, 0.15) is 343 Å². The summed E-state index contributed by atoms with van der Waals surface area (Å²) in [5.41, 5.74) is 0. The number of unbranched alkanes of at least 4 members (excludes halogenated alkanes) is 37. The number of carbonyl (C=O) groups is 4. The lowest BCUT2D eigenvalue weighted by Gasteiger charge is -2.21. The minimum absolute atomic E-state index is 0.105. The Hall–Kier alpha value is -1.94.